The highest BCUT2D eigenvalue weighted by Gasteiger charge is 2.42. The normalized spacial score (nSPS) is 32.6. The summed E-state index contributed by atoms with van der Waals surface area (Å²) in [6.07, 6.45) is 6.13. The summed E-state index contributed by atoms with van der Waals surface area (Å²) in [5.74, 6) is -1.77. The highest BCUT2D eigenvalue weighted by atomic mass is 32.1. The van der Waals surface area contributed by atoms with Gasteiger partial charge in [0.15, 0.2) is 0 Å². The third kappa shape index (κ3) is 7.45. The van der Waals surface area contributed by atoms with Crippen molar-refractivity contribution >= 4 is 29.2 Å². The van der Waals surface area contributed by atoms with Crippen molar-refractivity contribution in [3.05, 3.63) is 45.5 Å². The third-order valence-electron chi connectivity index (χ3n) is 6.65. The molecular formula is C27H39NO5S. The third-order valence-corrected chi connectivity index (χ3v) is 7.44. The van der Waals surface area contributed by atoms with Gasteiger partial charge in [-0.25, -0.2) is 4.98 Å². The van der Waals surface area contributed by atoms with Crippen molar-refractivity contribution in [1.29, 1.82) is 0 Å². The second-order valence-corrected chi connectivity index (χ2v) is 11.1. The van der Waals surface area contributed by atoms with Crippen LogP contribution in [0.1, 0.15) is 71.5 Å². The summed E-state index contributed by atoms with van der Waals surface area (Å²) in [6, 6.07) is 0. The number of hydrogen-bond acceptors (Lipinski definition) is 7. The maximum atomic E-state index is 13.1. The summed E-state index contributed by atoms with van der Waals surface area (Å²) in [5.41, 5.74) is 1.57. The molecule has 0 radical (unpaired) electrons. The van der Waals surface area contributed by atoms with Gasteiger partial charge in [0.05, 0.1) is 34.7 Å². The Morgan fingerprint density at radius 2 is 1.91 bits per heavy atom. The molecule has 0 bridgehead atoms. The Kier molecular flexibility index (Phi) is 9.97. The van der Waals surface area contributed by atoms with E-state index in [1.165, 1.54) is 0 Å². The summed E-state index contributed by atoms with van der Waals surface area (Å²) in [6.45, 7) is 12.6. The number of nitrogens with zero attached hydrogens (tertiary/aromatic N) is 1. The number of Topliss-reactive ketones (excluding diaryl/α,β-unsaturated/α-hetero) is 1. The quantitative estimate of drug-likeness (QED) is 0.446. The molecule has 6 nitrogen and oxygen atoms in total. The van der Waals surface area contributed by atoms with Gasteiger partial charge in [-0.05, 0) is 38.8 Å². The lowest BCUT2D eigenvalue weighted by Crippen LogP contribution is -2.45. The first-order chi connectivity index (χ1) is 15.8. The number of rotatable bonds is 2. The number of hydrogen-bond donors (Lipinski definition) is 2. The molecule has 0 fully saturated rings. The van der Waals surface area contributed by atoms with Crippen molar-refractivity contribution in [3.63, 3.8) is 0 Å². The minimum absolute atomic E-state index is 0.225. The van der Waals surface area contributed by atoms with E-state index in [2.05, 4.69) is 4.98 Å². The number of carbonyl (C=O) groups excluding carboxylic acids is 2. The Labute approximate surface area is 207 Å². The van der Waals surface area contributed by atoms with Gasteiger partial charge < -0.3 is 14.9 Å². The molecule has 0 aliphatic carbocycles. The van der Waals surface area contributed by atoms with Gasteiger partial charge in [-0.3, -0.25) is 9.59 Å². The predicted molar refractivity (Wildman–Crippen MR) is 136 cm³/mol. The van der Waals surface area contributed by atoms with E-state index in [9.17, 15) is 19.8 Å². The van der Waals surface area contributed by atoms with Crippen LogP contribution in [0.15, 0.2) is 34.8 Å². The average molecular weight is 490 g/mol. The fraction of sp³-hybridized carbons (Fsp3) is 0.593. The summed E-state index contributed by atoms with van der Waals surface area (Å²) < 4.78 is 5.79. The van der Waals surface area contributed by atoms with Crippen molar-refractivity contribution in [3.8, 4) is 0 Å². The first-order valence-electron chi connectivity index (χ1n) is 11.9. The summed E-state index contributed by atoms with van der Waals surface area (Å²) in [4.78, 5) is 30.4. The Hall–Kier alpha value is -2.09. The van der Waals surface area contributed by atoms with Crippen LogP contribution >= 0.6 is 11.3 Å². The number of esters is 1. The van der Waals surface area contributed by atoms with Gasteiger partial charge in [-0.15, -0.1) is 11.3 Å². The fourth-order valence-corrected chi connectivity index (χ4v) is 4.62. The largest absolute Gasteiger partial charge is 0.457 e. The van der Waals surface area contributed by atoms with Crippen molar-refractivity contribution in [2.24, 2.45) is 17.3 Å². The van der Waals surface area contributed by atoms with Gasteiger partial charge in [0, 0.05) is 23.6 Å². The van der Waals surface area contributed by atoms with E-state index in [-0.39, 0.29) is 18.1 Å². The Bertz CT molecular complexity index is 958. The van der Waals surface area contributed by atoms with E-state index < -0.39 is 35.6 Å². The van der Waals surface area contributed by atoms with Crippen LogP contribution in [0.4, 0.5) is 0 Å². The smallest absolute Gasteiger partial charge is 0.309 e. The molecule has 1 aliphatic heterocycles. The van der Waals surface area contributed by atoms with Crippen molar-refractivity contribution in [1.82, 2.24) is 4.98 Å². The molecule has 0 saturated carbocycles. The van der Waals surface area contributed by atoms with E-state index in [1.807, 2.05) is 57.4 Å². The summed E-state index contributed by atoms with van der Waals surface area (Å²) in [5, 5.41) is 24.4. The molecule has 1 aromatic rings. The van der Waals surface area contributed by atoms with Crippen molar-refractivity contribution < 1.29 is 24.5 Å². The molecule has 5 atom stereocenters. The predicted octanol–water partition coefficient (Wildman–Crippen LogP) is 5.04. The lowest BCUT2D eigenvalue weighted by atomic mass is 9.73. The van der Waals surface area contributed by atoms with Crippen LogP contribution in [0.5, 0.6) is 0 Å². The molecule has 0 unspecified atom stereocenters. The Morgan fingerprint density at radius 3 is 2.53 bits per heavy atom. The Morgan fingerprint density at radius 1 is 1.24 bits per heavy atom. The second-order valence-electron chi connectivity index (χ2n) is 10.0. The number of aliphatic hydroxyl groups is 2. The standard InChI is InChI=1S/C27H39NO5S/c1-16-9-8-10-17(2)25(31)19(4)26(32)27(6,7)23(29)14-24(30)33-22(12-11-16)18(3)13-21-15-34-20(5)28-21/h8,10-11,13,15,17,19,22-23,25,29,31H,9,12,14H2,1-7H3/b10-8+,16-11-,18-13+/t17-,19+,22-,23-,25-/m0/s1. The lowest BCUT2D eigenvalue weighted by molar-refractivity contribution is -0.154. The molecule has 0 spiro atoms. The molecule has 188 valence electrons. The van der Waals surface area contributed by atoms with E-state index >= 15 is 0 Å². The number of allylic oxidation sites excluding steroid dienone is 2. The maximum Gasteiger partial charge on any atom is 0.309 e. The van der Waals surface area contributed by atoms with Crippen LogP contribution in [-0.4, -0.2) is 45.3 Å². The van der Waals surface area contributed by atoms with Crippen LogP contribution in [0.2, 0.25) is 0 Å². The maximum absolute atomic E-state index is 13.1. The molecule has 1 aromatic heterocycles. The zero-order chi connectivity index (χ0) is 25.6. The zero-order valence-corrected chi connectivity index (χ0v) is 22.2. The minimum Gasteiger partial charge on any atom is -0.457 e. The molecule has 2 heterocycles. The van der Waals surface area contributed by atoms with Gasteiger partial charge in [0.25, 0.3) is 0 Å². The number of aromatic nitrogens is 1. The molecule has 0 saturated heterocycles. The van der Waals surface area contributed by atoms with E-state index in [1.54, 1.807) is 32.1 Å². The summed E-state index contributed by atoms with van der Waals surface area (Å²) in [7, 11) is 0. The first kappa shape index (κ1) is 28.1. The minimum atomic E-state index is -1.23. The molecular weight excluding hydrogens is 450 g/mol. The van der Waals surface area contributed by atoms with Gasteiger partial charge >= 0.3 is 5.97 Å². The summed E-state index contributed by atoms with van der Waals surface area (Å²) >= 11 is 1.56. The number of aliphatic hydroxyl groups excluding tert-OH is 2. The monoisotopic (exact) mass is 489 g/mol. The van der Waals surface area contributed by atoms with Crippen LogP contribution in [0.3, 0.4) is 0 Å². The fourth-order valence-electron chi connectivity index (χ4n) is 4.05. The first-order valence-corrected chi connectivity index (χ1v) is 12.7. The number of ether oxygens (including phenoxy) is 1. The lowest BCUT2D eigenvalue weighted by Gasteiger charge is -2.34. The van der Waals surface area contributed by atoms with Crippen LogP contribution in [0.25, 0.3) is 6.08 Å². The highest BCUT2D eigenvalue weighted by Crippen LogP contribution is 2.31. The van der Waals surface area contributed by atoms with Crippen molar-refractivity contribution in [2.45, 2.75) is 86.0 Å². The number of thiazole rings is 1. The van der Waals surface area contributed by atoms with Gasteiger partial charge in [0.2, 0.25) is 0 Å². The molecule has 0 aromatic carbocycles. The van der Waals surface area contributed by atoms with Gasteiger partial charge in [0.1, 0.15) is 11.9 Å². The zero-order valence-electron chi connectivity index (χ0n) is 21.4. The molecule has 34 heavy (non-hydrogen) atoms. The Balaban J connectivity index is 2.37. The number of ketones is 1. The van der Waals surface area contributed by atoms with Gasteiger partial charge in [-0.1, -0.05) is 51.5 Å². The number of carbonyl (C=O) groups is 2. The van der Waals surface area contributed by atoms with E-state index in [0.717, 1.165) is 21.8 Å². The molecule has 2 N–H and O–H groups in total. The van der Waals surface area contributed by atoms with E-state index in [4.69, 9.17) is 4.74 Å². The van der Waals surface area contributed by atoms with Crippen LogP contribution in [-0.2, 0) is 14.3 Å². The molecule has 1 aliphatic rings. The molecule has 2 rings (SSSR count). The number of aryl methyl sites for hydroxylation is 1. The average Bonchev–Trinajstić information content (AvgIpc) is 3.18. The molecule has 7 heteroatoms. The van der Waals surface area contributed by atoms with Gasteiger partial charge in [-0.2, -0.15) is 0 Å². The topological polar surface area (TPSA) is 96.7 Å². The second kappa shape index (κ2) is 12.0. The number of cyclic esters (lactones) is 1. The SMILES string of the molecule is C/C1=C/C[C@@H](/C(C)=C/c2csc(C)n2)OC(=O)C[C@H](O)C(C)(C)C(=O)[C@H](C)[C@@H](O)[C@@H](C)/C=C/C1. The van der Waals surface area contributed by atoms with Crippen LogP contribution in [0, 0.1) is 24.2 Å². The van der Waals surface area contributed by atoms with Crippen molar-refractivity contribution in [2.75, 3.05) is 0 Å². The molecule has 0 amide bonds. The van der Waals surface area contributed by atoms with Crippen LogP contribution < -0.4 is 0 Å². The van der Waals surface area contributed by atoms with E-state index in [0.29, 0.717) is 12.8 Å². The highest BCUT2D eigenvalue weighted by molar-refractivity contribution is 7.09.